The van der Waals surface area contributed by atoms with E-state index in [-0.39, 0.29) is 54.2 Å². The average Bonchev–Trinajstić information content (AvgIpc) is 2.58. The summed E-state index contributed by atoms with van der Waals surface area (Å²) in [6.07, 6.45) is -0.756. The molecule has 1 atom stereocenters. The monoisotopic (exact) mass is 386 g/mol. The minimum Gasteiger partial charge on any atom is -0.493 e. The van der Waals surface area contributed by atoms with Gasteiger partial charge in [0.2, 0.25) is 0 Å². The lowest BCUT2D eigenvalue weighted by Gasteiger charge is -2.32. The number of morpholine rings is 1. The van der Waals surface area contributed by atoms with Crippen LogP contribution < -0.4 is 15.2 Å². The number of primary amides is 1. The van der Waals surface area contributed by atoms with Gasteiger partial charge in [-0.25, -0.2) is 0 Å². The molecule has 3 N–H and O–H groups in total. The van der Waals surface area contributed by atoms with Gasteiger partial charge in [0.25, 0.3) is 11.8 Å². The van der Waals surface area contributed by atoms with Crippen LogP contribution in [0.5, 0.6) is 11.5 Å². The largest absolute Gasteiger partial charge is 0.493 e. The van der Waals surface area contributed by atoms with Crippen LogP contribution >= 0.6 is 11.6 Å². The standard InChI is InChI=1S/C16H19ClN2O7/c1-24-12-5-9(4-11(17)15(12)26-8-13(18)20)16(23)19-2-3-25-10(7-19)6-14(21)22/h4-5,10H,2-3,6-8H2,1H3,(H2,18,20)(H,21,22). The number of carboxylic acid groups (broad SMARTS) is 1. The predicted octanol–water partition coefficient (Wildman–Crippen LogP) is 0.528. The molecule has 0 saturated carbocycles. The molecule has 0 spiro atoms. The highest BCUT2D eigenvalue weighted by Gasteiger charge is 2.28. The number of aliphatic carboxylic acids is 1. The van der Waals surface area contributed by atoms with Crippen molar-refractivity contribution in [1.82, 2.24) is 4.90 Å². The van der Waals surface area contributed by atoms with Crippen molar-refractivity contribution in [3.8, 4) is 11.5 Å². The van der Waals surface area contributed by atoms with Gasteiger partial charge in [-0.2, -0.15) is 0 Å². The normalized spacial score (nSPS) is 16.8. The van der Waals surface area contributed by atoms with Crippen LogP contribution in [0.15, 0.2) is 12.1 Å². The molecule has 9 nitrogen and oxygen atoms in total. The highest BCUT2D eigenvalue weighted by molar-refractivity contribution is 6.32. The molecule has 1 aromatic carbocycles. The summed E-state index contributed by atoms with van der Waals surface area (Å²) in [5.74, 6) is -1.73. The van der Waals surface area contributed by atoms with Crippen LogP contribution in [0, 0.1) is 0 Å². The van der Waals surface area contributed by atoms with Crippen molar-refractivity contribution >= 4 is 29.4 Å². The van der Waals surface area contributed by atoms with E-state index < -0.39 is 18.0 Å². The summed E-state index contributed by atoms with van der Waals surface area (Å²) in [6, 6.07) is 2.83. The molecule has 1 aromatic rings. The van der Waals surface area contributed by atoms with Crippen LogP contribution in [0.25, 0.3) is 0 Å². The second-order valence-corrected chi connectivity index (χ2v) is 5.99. The van der Waals surface area contributed by atoms with E-state index in [4.69, 9.17) is 36.7 Å². The molecule has 0 radical (unpaired) electrons. The van der Waals surface area contributed by atoms with Gasteiger partial charge >= 0.3 is 5.97 Å². The van der Waals surface area contributed by atoms with Crippen molar-refractivity contribution in [2.24, 2.45) is 5.73 Å². The summed E-state index contributed by atoms with van der Waals surface area (Å²) in [5.41, 5.74) is 5.29. The Morgan fingerprint density at radius 3 is 2.77 bits per heavy atom. The van der Waals surface area contributed by atoms with E-state index in [1.54, 1.807) is 0 Å². The highest BCUT2D eigenvalue weighted by Crippen LogP contribution is 2.36. The van der Waals surface area contributed by atoms with Crippen molar-refractivity contribution in [2.45, 2.75) is 12.5 Å². The maximum atomic E-state index is 12.7. The SMILES string of the molecule is COc1cc(C(=O)N2CCOC(CC(=O)O)C2)cc(Cl)c1OCC(N)=O. The maximum absolute atomic E-state index is 12.7. The number of carbonyl (C=O) groups excluding carboxylic acids is 2. The highest BCUT2D eigenvalue weighted by atomic mass is 35.5. The van der Waals surface area contributed by atoms with E-state index in [0.29, 0.717) is 6.54 Å². The first-order valence-corrected chi connectivity index (χ1v) is 8.11. The zero-order valence-corrected chi connectivity index (χ0v) is 14.8. The summed E-state index contributed by atoms with van der Waals surface area (Å²) in [6.45, 7) is 0.345. The first kappa shape index (κ1) is 19.8. The number of carbonyl (C=O) groups is 3. The van der Waals surface area contributed by atoms with Crippen LogP contribution in [-0.4, -0.2) is 67.3 Å². The van der Waals surface area contributed by atoms with E-state index in [2.05, 4.69) is 0 Å². The lowest BCUT2D eigenvalue weighted by atomic mass is 10.1. The molecule has 1 unspecified atom stereocenters. The third kappa shape index (κ3) is 4.99. The number of hydrogen-bond donors (Lipinski definition) is 2. The van der Waals surface area contributed by atoms with Gasteiger partial charge in [0.05, 0.1) is 31.3 Å². The fourth-order valence-corrected chi connectivity index (χ4v) is 2.80. The van der Waals surface area contributed by atoms with Gasteiger partial charge in [0.15, 0.2) is 18.1 Å². The van der Waals surface area contributed by atoms with Gasteiger partial charge in [-0.05, 0) is 12.1 Å². The Morgan fingerprint density at radius 1 is 1.42 bits per heavy atom. The van der Waals surface area contributed by atoms with Gasteiger partial charge < -0.3 is 30.0 Å². The molecule has 1 aliphatic rings. The lowest BCUT2D eigenvalue weighted by molar-refractivity contribution is -0.141. The molecule has 2 amide bonds. The predicted molar refractivity (Wildman–Crippen MR) is 90.6 cm³/mol. The van der Waals surface area contributed by atoms with E-state index in [0.717, 1.165) is 0 Å². The maximum Gasteiger partial charge on any atom is 0.306 e. The van der Waals surface area contributed by atoms with E-state index in [1.807, 2.05) is 0 Å². The summed E-state index contributed by atoms with van der Waals surface area (Å²) in [7, 11) is 1.37. The summed E-state index contributed by atoms with van der Waals surface area (Å²) in [4.78, 5) is 35.9. The van der Waals surface area contributed by atoms with Crippen LogP contribution in [0.1, 0.15) is 16.8 Å². The first-order valence-electron chi connectivity index (χ1n) is 7.73. The third-order valence-electron chi connectivity index (χ3n) is 3.66. The topological polar surface area (TPSA) is 128 Å². The molecule has 142 valence electrons. The zero-order valence-electron chi connectivity index (χ0n) is 14.1. The van der Waals surface area contributed by atoms with Gasteiger partial charge in [-0.1, -0.05) is 11.6 Å². The molecular formula is C16H19ClN2O7. The Morgan fingerprint density at radius 2 is 2.15 bits per heavy atom. The van der Waals surface area contributed by atoms with Crippen LogP contribution in [0.4, 0.5) is 0 Å². The van der Waals surface area contributed by atoms with E-state index >= 15 is 0 Å². The number of halogens is 1. The van der Waals surface area contributed by atoms with E-state index in [9.17, 15) is 14.4 Å². The number of rotatable bonds is 7. The fourth-order valence-electron chi connectivity index (χ4n) is 2.53. The summed E-state index contributed by atoms with van der Waals surface area (Å²) in [5, 5.41) is 8.96. The second-order valence-electron chi connectivity index (χ2n) is 5.59. The number of amides is 2. The quantitative estimate of drug-likeness (QED) is 0.699. The van der Waals surface area contributed by atoms with Crippen LogP contribution in [0.2, 0.25) is 5.02 Å². The van der Waals surface area contributed by atoms with E-state index in [1.165, 1.54) is 24.1 Å². The van der Waals surface area contributed by atoms with Gasteiger partial charge in [-0.15, -0.1) is 0 Å². The summed E-state index contributed by atoms with van der Waals surface area (Å²) < 4.78 is 15.8. The molecule has 1 saturated heterocycles. The number of ether oxygens (including phenoxy) is 3. The van der Waals surface area contributed by atoms with Gasteiger partial charge in [-0.3, -0.25) is 14.4 Å². The smallest absolute Gasteiger partial charge is 0.306 e. The third-order valence-corrected chi connectivity index (χ3v) is 3.94. The molecule has 1 aliphatic heterocycles. The number of nitrogens with two attached hydrogens (primary N) is 1. The van der Waals surface area contributed by atoms with Crippen molar-refractivity contribution in [3.63, 3.8) is 0 Å². The Hall–Kier alpha value is -2.52. The number of methoxy groups -OCH3 is 1. The minimum atomic E-state index is -0.995. The van der Waals surface area contributed by atoms with Crippen molar-refractivity contribution in [2.75, 3.05) is 33.4 Å². The van der Waals surface area contributed by atoms with Crippen molar-refractivity contribution < 1.29 is 33.7 Å². The van der Waals surface area contributed by atoms with Gasteiger partial charge in [0.1, 0.15) is 0 Å². The number of nitrogens with zero attached hydrogens (tertiary/aromatic N) is 1. The van der Waals surface area contributed by atoms with Crippen LogP contribution in [0.3, 0.4) is 0 Å². The van der Waals surface area contributed by atoms with Crippen molar-refractivity contribution in [3.05, 3.63) is 22.7 Å². The van der Waals surface area contributed by atoms with Gasteiger partial charge in [0, 0.05) is 18.7 Å². The number of carboxylic acids is 1. The fraction of sp³-hybridized carbons (Fsp3) is 0.438. The lowest BCUT2D eigenvalue weighted by Crippen LogP contribution is -2.46. The van der Waals surface area contributed by atoms with Crippen LogP contribution in [-0.2, 0) is 14.3 Å². The molecule has 0 aromatic heterocycles. The molecule has 2 rings (SSSR count). The Bertz CT molecular complexity index is 710. The Balaban J connectivity index is 2.19. The first-order chi connectivity index (χ1) is 12.3. The Kier molecular flexibility index (Phi) is 6.64. The minimum absolute atomic E-state index is 0.0873. The molecule has 10 heteroatoms. The number of benzene rings is 1. The molecule has 1 heterocycles. The van der Waals surface area contributed by atoms with Crippen molar-refractivity contribution in [1.29, 1.82) is 0 Å². The molecule has 0 bridgehead atoms. The molecule has 1 fully saturated rings. The Labute approximate surface area is 154 Å². The zero-order chi connectivity index (χ0) is 19.3. The number of hydrogen-bond acceptors (Lipinski definition) is 6. The molecule has 26 heavy (non-hydrogen) atoms. The molecule has 0 aliphatic carbocycles. The molecular weight excluding hydrogens is 368 g/mol. The second kappa shape index (κ2) is 8.72. The summed E-state index contributed by atoms with van der Waals surface area (Å²) >= 11 is 6.15. The average molecular weight is 387 g/mol.